The number of hydrogen-bond donors (Lipinski definition) is 1. The van der Waals surface area contributed by atoms with E-state index in [1.54, 1.807) is 0 Å². The van der Waals surface area contributed by atoms with Crippen molar-refractivity contribution in [1.29, 1.82) is 0 Å². The predicted molar refractivity (Wildman–Crippen MR) is 84.3 cm³/mol. The van der Waals surface area contributed by atoms with Gasteiger partial charge in [0.15, 0.2) is 0 Å². The number of alkyl halides is 3. The molecule has 1 nitrogen and oxygen atoms in total. The Morgan fingerprint density at radius 2 is 1.41 bits per heavy atom. The van der Waals surface area contributed by atoms with Crippen LogP contribution in [-0.4, -0.2) is 13.1 Å². The van der Waals surface area contributed by atoms with Crippen LogP contribution >= 0.6 is 12.4 Å². The van der Waals surface area contributed by atoms with Gasteiger partial charge in [-0.05, 0) is 42.3 Å². The average molecular weight is 328 g/mol. The van der Waals surface area contributed by atoms with Crippen molar-refractivity contribution < 1.29 is 13.2 Å². The number of benzene rings is 2. The van der Waals surface area contributed by atoms with Crippen LogP contribution in [0.1, 0.15) is 23.5 Å². The Kier molecular flexibility index (Phi) is 4.83. The molecule has 2 atom stereocenters. The first-order valence-electron chi connectivity index (χ1n) is 6.94. The van der Waals surface area contributed by atoms with Crippen LogP contribution in [0, 0.1) is 0 Å². The maximum atomic E-state index is 12.5. The van der Waals surface area contributed by atoms with Crippen molar-refractivity contribution in [2.75, 3.05) is 7.05 Å². The minimum Gasteiger partial charge on any atom is -0.316 e. The van der Waals surface area contributed by atoms with Gasteiger partial charge in [-0.25, -0.2) is 0 Å². The zero-order chi connectivity index (χ0) is 15.0. The average Bonchev–Trinajstić information content (AvgIpc) is 3.26. The monoisotopic (exact) mass is 327 g/mol. The molecular weight excluding hydrogens is 311 g/mol. The standard InChI is InChI=1S/C17H16F3N.ClH/c1-21-16-10-15(16)13-4-2-11(3-5-13)12-6-8-14(9-7-12)17(18,19)20;/h2-9,15-16,21H,10H2,1H3;1H. The van der Waals surface area contributed by atoms with E-state index in [4.69, 9.17) is 0 Å². The minimum absolute atomic E-state index is 0. The highest BCUT2D eigenvalue weighted by Gasteiger charge is 2.36. The summed E-state index contributed by atoms with van der Waals surface area (Å²) in [5, 5.41) is 3.25. The normalized spacial score (nSPS) is 20.4. The molecule has 0 bridgehead atoms. The van der Waals surface area contributed by atoms with Crippen LogP contribution in [0.15, 0.2) is 48.5 Å². The van der Waals surface area contributed by atoms with Crippen LogP contribution in [0.2, 0.25) is 0 Å². The summed E-state index contributed by atoms with van der Waals surface area (Å²) in [7, 11) is 1.96. The number of halogens is 4. The fourth-order valence-corrected chi connectivity index (χ4v) is 2.66. The fraction of sp³-hybridized carbons (Fsp3) is 0.294. The molecule has 1 fully saturated rings. The van der Waals surface area contributed by atoms with Crippen LogP contribution in [0.3, 0.4) is 0 Å². The molecular formula is C17H17ClF3N. The van der Waals surface area contributed by atoms with Crippen LogP contribution in [0.5, 0.6) is 0 Å². The van der Waals surface area contributed by atoms with E-state index in [1.165, 1.54) is 17.7 Å². The largest absolute Gasteiger partial charge is 0.416 e. The summed E-state index contributed by atoms with van der Waals surface area (Å²) >= 11 is 0. The van der Waals surface area contributed by atoms with Gasteiger partial charge in [0, 0.05) is 12.0 Å². The second-order valence-electron chi connectivity index (χ2n) is 5.43. The second kappa shape index (κ2) is 6.31. The fourth-order valence-electron chi connectivity index (χ4n) is 2.66. The Balaban J connectivity index is 0.00000176. The number of likely N-dealkylation sites (N-methyl/N-ethyl adjacent to an activating group) is 1. The van der Waals surface area contributed by atoms with Gasteiger partial charge in [-0.2, -0.15) is 13.2 Å². The number of rotatable bonds is 3. The molecule has 0 amide bonds. The lowest BCUT2D eigenvalue weighted by molar-refractivity contribution is -0.137. The third kappa shape index (κ3) is 3.45. The van der Waals surface area contributed by atoms with E-state index < -0.39 is 11.7 Å². The number of nitrogens with one attached hydrogen (secondary N) is 1. The molecule has 1 N–H and O–H groups in total. The van der Waals surface area contributed by atoms with E-state index in [0.29, 0.717) is 12.0 Å². The van der Waals surface area contributed by atoms with Gasteiger partial charge < -0.3 is 5.32 Å². The summed E-state index contributed by atoms with van der Waals surface area (Å²) in [6.45, 7) is 0. The third-order valence-electron chi connectivity index (χ3n) is 4.05. The van der Waals surface area contributed by atoms with Gasteiger partial charge in [0.05, 0.1) is 5.56 Å². The summed E-state index contributed by atoms with van der Waals surface area (Å²) in [4.78, 5) is 0. The molecule has 0 radical (unpaired) electrons. The Morgan fingerprint density at radius 3 is 1.82 bits per heavy atom. The third-order valence-corrected chi connectivity index (χ3v) is 4.05. The van der Waals surface area contributed by atoms with Gasteiger partial charge in [0.1, 0.15) is 0 Å². The first kappa shape index (κ1) is 16.8. The van der Waals surface area contributed by atoms with E-state index in [0.717, 1.165) is 29.7 Å². The van der Waals surface area contributed by atoms with E-state index in [9.17, 15) is 13.2 Å². The zero-order valence-electron chi connectivity index (χ0n) is 12.0. The van der Waals surface area contributed by atoms with Gasteiger partial charge >= 0.3 is 6.18 Å². The Labute approximate surface area is 134 Å². The summed E-state index contributed by atoms with van der Waals surface area (Å²) in [6.07, 6.45) is -3.13. The lowest BCUT2D eigenvalue weighted by Crippen LogP contribution is -2.10. The minimum atomic E-state index is -4.28. The molecule has 2 unspecified atom stereocenters. The lowest BCUT2D eigenvalue weighted by Gasteiger charge is -2.08. The van der Waals surface area contributed by atoms with Crippen molar-refractivity contribution in [3.05, 3.63) is 59.7 Å². The van der Waals surface area contributed by atoms with Crippen molar-refractivity contribution in [3.63, 3.8) is 0 Å². The maximum Gasteiger partial charge on any atom is 0.416 e. The van der Waals surface area contributed by atoms with E-state index in [2.05, 4.69) is 17.4 Å². The van der Waals surface area contributed by atoms with Crippen molar-refractivity contribution >= 4 is 12.4 Å². The Bertz CT molecular complexity index is 620. The van der Waals surface area contributed by atoms with Crippen LogP contribution in [-0.2, 0) is 6.18 Å². The molecule has 1 aliphatic carbocycles. The topological polar surface area (TPSA) is 12.0 Å². The van der Waals surface area contributed by atoms with Crippen molar-refractivity contribution in [3.8, 4) is 11.1 Å². The predicted octanol–water partition coefficient (Wildman–Crippen LogP) is 4.87. The van der Waals surface area contributed by atoms with Crippen molar-refractivity contribution in [2.45, 2.75) is 24.6 Å². The van der Waals surface area contributed by atoms with Gasteiger partial charge in [-0.15, -0.1) is 12.4 Å². The van der Waals surface area contributed by atoms with Gasteiger partial charge in [0.25, 0.3) is 0 Å². The summed E-state index contributed by atoms with van der Waals surface area (Å²) in [5.74, 6) is 0.566. The smallest absolute Gasteiger partial charge is 0.316 e. The quantitative estimate of drug-likeness (QED) is 0.848. The van der Waals surface area contributed by atoms with Gasteiger partial charge in [-0.1, -0.05) is 36.4 Å². The van der Waals surface area contributed by atoms with Crippen LogP contribution in [0.25, 0.3) is 11.1 Å². The Morgan fingerprint density at radius 1 is 0.909 bits per heavy atom. The molecule has 0 aromatic heterocycles. The molecule has 5 heteroatoms. The lowest BCUT2D eigenvalue weighted by atomic mass is 10.0. The van der Waals surface area contributed by atoms with Crippen LogP contribution in [0.4, 0.5) is 13.2 Å². The molecule has 22 heavy (non-hydrogen) atoms. The molecule has 2 aromatic rings. The molecule has 1 aliphatic rings. The highest BCUT2D eigenvalue weighted by molar-refractivity contribution is 5.85. The molecule has 0 heterocycles. The van der Waals surface area contributed by atoms with E-state index in [-0.39, 0.29) is 12.4 Å². The Hall–Kier alpha value is -1.52. The van der Waals surface area contributed by atoms with Gasteiger partial charge in [-0.3, -0.25) is 0 Å². The molecule has 0 spiro atoms. The van der Waals surface area contributed by atoms with Gasteiger partial charge in [0.2, 0.25) is 0 Å². The first-order chi connectivity index (χ1) is 9.99. The van der Waals surface area contributed by atoms with Crippen LogP contribution < -0.4 is 5.32 Å². The SMILES string of the molecule is CNC1CC1c1ccc(-c2ccc(C(F)(F)F)cc2)cc1.Cl. The van der Waals surface area contributed by atoms with Crippen molar-refractivity contribution in [1.82, 2.24) is 5.32 Å². The summed E-state index contributed by atoms with van der Waals surface area (Å²) < 4.78 is 37.6. The van der Waals surface area contributed by atoms with Crippen molar-refractivity contribution in [2.24, 2.45) is 0 Å². The number of hydrogen-bond acceptors (Lipinski definition) is 1. The molecule has 3 rings (SSSR count). The van der Waals surface area contributed by atoms with E-state index in [1.807, 2.05) is 19.2 Å². The zero-order valence-corrected chi connectivity index (χ0v) is 12.8. The summed E-state index contributed by atoms with van der Waals surface area (Å²) in [5.41, 5.74) is 2.41. The molecule has 0 saturated heterocycles. The maximum absolute atomic E-state index is 12.5. The molecule has 2 aromatic carbocycles. The summed E-state index contributed by atoms with van der Waals surface area (Å²) in [6, 6.07) is 13.9. The highest BCUT2D eigenvalue weighted by Crippen LogP contribution is 2.41. The molecule has 0 aliphatic heterocycles. The highest BCUT2D eigenvalue weighted by atomic mass is 35.5. The first-order valence-corrected chi connectivity index (χ1v) is 6.94. The van der Waals surface area contributed by atoms with E-state index >= 15 is 0 Å². The second-order valence-corrected chi connectivity index (χ2v) is 5.43. The molecule has 118 valence electrons. The molecule has 1 saturated carbocycles.